The Bertz CT molecular complexity index is 573. The van der Waals surface area contributed by atoms with Crippen LogP contribution in [0.1, 0.15) is 22.8 Å². The molecular weight excluding hydrogens is 264 g/mol. The van der Waals surface area contributed by atoms with Crippen LogP contribution in [0.2, 0.25) is 0 Å². The van der Waals surface area contributed by atoms with Crippen molar-refractivity contribution >= 4 is 16.9 Å². The molecule has 20 heavy (non-hydrogen) atoms. The lowest BCUT2D eigenvalue weighted by molar-refractivity contribution is 0.108. The second-order valence-corrected chi connectivity index (χ2v) is 5.67. The van der Waals surface area contributed by atoms with Gasteiger partial charge in [0.1, 0.15) is 0 Å². The van der Waals surface area contributed by atoms with Crippen molar-refractivity contribution in [2.75, 3.05) is 5.75 Å². The third-order valence-corrected chi connectivity index (χ3v) is 3.81. The van der Waals surface area contributed by atoms with Gasteiger partial charge in [0.25, 0.3) is 0 Å². The fourth-order valence-electron chi connectivity index (χ4n) is 1.91. The van der Waals surface area contributed by atoms with E-state index in [0.29, 0.717) is 0 Å². The van der Waals surface area contributed by atoms with Gasteiger partial charge in [0, 0.05) is 11.3 Å². The van der Waals surface area contributed by atoms with E-state index in [1.54, 1.807) is 0 Å². The van der Waals surface area contributed by atoms with Gasteiger partial charge in [-0.25, -0.2) is 0 Å². The molecule has 0 aliphatic carbocycles. The lowest BCUT2D eigenvalue weighted by atomic mass is 10.1. The molecule has 102 valence electrons. The molecule has 0 saturated heterocycles. The Hall–Kier alpha value is -1.80. The van der Waals surface area contributed by atoms with Crippen LogP contribution in [0.25, 0.3) is 0 Å². The zero-order chi connectivity index (χ0) is 14.2. The highest BCUT2D eigenvalue weighted by atomic mass is 32.2. The summed E-state index contributed by atoms with van der Waals surface area (Å²) < 4.78 is 0. The number of thioether (sulfide) groups is 1. The first-order valence-electron chi connectivity index (χ1n) is 6.67. The standard InChI is InChI=1S/C18H18OS/c1-15(14-16-8-4-2-5-9-16)12-13-20-18(19)17-10-6-3-7-11-17/h2-12H,13-14H2,1H3/b15-12-. The molecular formula is C18H18OS. The minimum absolute atomic E-state index is 0.134. The van der Waals surface area contributed by atoms with Crippen LogP contribution in [0.3, 0.4) is 0 Å². The quantitative estimate of drug-likeness (QED) is 0.736. The first-order valence-corrected chi connectivity index (χ1v) is 7.66. The summed E-state index contributed by atoms with van der Waals surface area (Å²) in [4.78, 5) is 11.9. The summed E-state index contributed by atoms with van der Waals surface area (Å²) >= 11 is 1.35. The van der Waals surface area contributed by atoms with Crippen molar-refractivity contribution < 1.29 is 4.79 Å². The Balaban J connectivity index is 1.82. The van der Waals surface area contributed by atoms with Gasteiger partial charge in [-0.1, -0.05) is 84.1 Å². The maximum atomic E-state index is 11.9. The largest absolute Gasteiger partial charge is 0.282 e. The van der Waals surface area contributed by atoms with E-state index >= 15 is 0 Å². The Kier molecular flexibility index (Phi) is 5.63. The summed E-state index contributed by atoms with van der Waals surface area (Å²) in [6, 6.07) is 19.8. The number of hydrogen-bond donors (Lipinski definition) is 0. The fourth-order valence-corrected chi connectivity index (χ4v) is 2.73. The van der Waals surface area contributed by atoms with Crippen molar-refractivity contribution in [3.63, 3.8) is 0 Å². The molecule has 0 N–H and O–H groups in total. The van der Waals surface area contributed by atoms with Crippen molar-refractivity contribution in [3.05, 3.63) is 83.4 Å². The summed E-state index contributed by atoms with van der Waals surface area (Å²) in [6.07, 6.45) is 3.08. The summed E-state index contributed by atoms with van der Waals surface area (Å²) in [5.74, 6) is 0.729. The fraction of sp³-hybridized carbons (Fsp3) is 0.167. The zero-order valence-electron chi connectivity index (χ0n) is 11.6. The maximum absolute atomic E-state index is 11.9. The van der Waals surface area contributed by atoms with E-state index < -0.39 is 0 Å². The Morgan fingerprint density at radius 1 is 1.00 bits per heavy atom. The molecule has 0 fully saturated rings. The van der Waals surface area contributed by atoms with Crippen LogP contribution in [-0.2, 0) is 6.42 Å². The molecule has 0 aromatic heterocycles. The number of rotatable bonds is 5. The molecule has 1 nitrogen and oxygen atoms in total. The highest BCUT2D eigenvalue weighted by molar-refractivity contribution is 8.14. The topological polar surface area (TPSA) is 17.1 Å². The van der Waals surface area contributed by atoms with E-state index in [-0.39, 0.29) is 5.12 Å². The first kappa shape index (κ1) is 14.6. The minimum Gasteiger partial charge on any atom is -0.282 e. The molecule has 0 amide bonds. The number of allylic oxidation sites excluding steroid dienone is 1. The summed E-state index contributed by atoms with van der Waals surface area (Å²) in [5, 5.41) is 0.134. The average Bonchev–Trinajstić information content (AvgIpc) is 2.49. The summed E-state index contributed by atoms with van der Waals surface area (Å²) in [6.45, 7) is 2.11. The number of carbonyl (C=O) groups is 1. The van der Waals surface area contributed by atoms with Crippen LogP contribution < -0.4 is 0 Å². The van der Waals surface area contributed by atoms with E-state index in [2.05, 4.69) is 37.3 Å². The molecule has 0 saturated carbocycles. The molecule has 0 radical (unpaired) electrons. The Labute approximate surface area is 124 Å². The van der Waals surface area contributed by atoms with Gasteiger partial charge in [-0.15, -0.1) is 0 Å². The van der Waals surface area contributed by atoms with Crippen molar-refractivity contribution in [1.82, 2.24) is 0 Å². The monoisotopic (exact) mass is 282 g/mol. The van der Waals surface area contributed by atoms with Crippen molar-refractivity contribution in [2.24, 2.45) is 0 Å². The molecule has 2 heteroatoms. The number of benzene rings is 2. The lowest BCUT2D eigenvalue weighted by Gasteiger charge is -2.02. The van der Waals surface area contributed by atoms with E-state index in [0.717, 1.165) is 17.7 Å². The highest BCUT2D eigenvalue weighted by Gasteiger charge is 2.04. The lowest BCUT2D eigenvalue weighted by Crippen LogP contribution is -1.94. The predicted octanol–water partition coefficient (Wildman–Crippen LogP) is 4.75. The smallest absolute Gasteiger partial charge is 0.219 e. The number of hydrogen-bond acceptors (Lipinski definition) is 2. The molecule has 2 aromatic rings. The molecule has 0 aliphatic heterocycles. The van der Waals surface area contributed by atoms with Gasteiger partial charge < -0.3 is 0 Å². The van der Waals surface area contributed by atoms with Crippen LogP contribution >= 0.6 is 11.8 Å². The van der Waals surface area contributed by atoms with Crippen molar-refractivity contribution in [2.45, 2.75) is 13.3 Å². The molecule has 2 rings (SSSR count). The van der Waals surface area contributed by atoms with Gasteiger partial charge in [0.15, 0.2) is 0 Å². The zero-order valence-corrected chi connectivity index (χ0v) is 12.4. The van der Waals surface area contributed by atoms with Crippen LogP contribution in [0, 0.1) is 0 Å². The molecule has 0 unspecified atom stereocenters. The van der Waals surface area contributed by atoms with E-state index in [4.69, 9.17) is 0 Å². The third kappa shape index (κ3) is 4.71. The highest BCUT2D eigenvalue weighted by Crippen LogP contribution is 2.14. The van der Waals surface area contributed by atoms with E-state index in [1.165, 1.54) is 22.9 Å². The van der Waals surface area contributed by atoms with Gasteiger partial charge >= 0.3 is 0 Å². The SMILES string of the molecule is C/C(=C/CSC(=O)c1ccccc1)Cc1ccccc1. The van der Waals surface area contributed by atoms with Gasteiger partial charge in [-0.3, -0.25) is 4.79 Å². The molecule has 0 bridgehead atoms. The normalized spacial score (nSPS) is 11.3. The maximum Gasteiger partial charge on any atom is 0.219 e. The Morgan fingerprint density at radius 3 is 2.25 bits per heavy atom. The van der Waals surface area contributed by atoms with Crippen LogP contribution in [-0.4, -0.2) is 10.9 Å². The van der Waals surface area contributed by atoms with E-state index in [9.17, 15) is 4.79 Å². The van der Waals surface area contributed by atoms with Gasteiger partial charge in [-0.05, 0) is 18.9 Å². The molecule has 2 aromatic carbocycles. The van der Waals surface area contributed by atoms with E-state index in [1.807, 2.05) is 36.4 Å². The van der Waals surface area contributed by atoms with Crippen LogP contribution in [0.5, 0.6) is 0 Å². The van der Waals surface area contributed by atoms with Crippen molar-refractivity contribution in [1.29, 1.82) is 0 Å². The van der Waals surface area contributed by atoms with Gasteiger partial charge in [0.2, 0.25) is 5.12 Å². The van der Waals surface area contributed by atoms with Gasteiger partial charge in [-0.2, -0.15) is 0 Å². The Morgan fingerprint density at radius 2 is 1.60 bits per heavy atom. The second-order valence-electron chi connectivity index (χ2n) is 4.68. The molecule has 0 aliphatic rings. The molecule has 0 atom stereocenters. The molecule has 0 heterocycles. The van der Waals surface area contributed by atoms with Crippen LogP contribution in [0.15, 0.2) is 72.3 Å². The minimum atomic E-state index is 0.134. The van der Waals surface area contributed by atoms with Crippen LogP contribution in [0.4, 0.5) is 0 Å². The summed E-state index contributed by atoms with van der Waals surface area (Å²) in [5.41, 5.74) is 3.37. The van der Waals surface area contributed by atoms with Gasteiger partial charge in [0.05, 0.1) is 0 Å². The predicted molar refractivity (Wildman–Crippen MR) is 87.1 cm³/mol. The summed E-state index contributed by atoms with van der Waals surface area (Å²) in [7, 11) is 0. The average molecular weight is 282 g/mol. The van der Waals surface area contributed by atoms with Crippen molar-refractivity contribution in [3.8, 4) is 0 Å². The first-order chi connectivity index (χ1) is 9.75. The number of carbonyl (C=O) groups excluding carboxylic acids is 1. The third-order valence-electron chi connectivity index (χ3n) is 2.98. The second kappa shape index (κ2) is 7.71. The molecule has 0 spiro atoms.